The highest BCUT2D eigenvalue weighted by Gasteiger charge is 2.34. The summed E-state index contributed by atoms with van der Waals surface area (Å²) in [6, 6.07) is 6.28. The number of nitrogens with zero attached hydrogens (tertiary/aromatic N) is 2. The second-order valence-corrected chi connectivity index (χ2v) is 6.73. The van der Waals surface area contributed by atoms with Gasteiger partial charge in [0.1, 0.15) is 10.8 Å². The van der Waals surface area contributed by atoms with Crippen LogP contribution in [0, 0.1) is 5.82 Å². The summed E-state index contributed by atoms with van der Waals surface area (Å²) in [5.41, 5.74) is 7.20. The maximum absolute atomic E-state index is 13.7. The largest absolute Gasteiger partial charge is 0.389 e. The monoisotopic (exact) mass is 307 g/mol. The van der Waals surface area contributed by atoms with E-state index in [-0.39, 0.29) is 10.8 Å². The van der Waals surface area contributed by atoms with Gasteiger partial charge in [0.25, 0.3) is 0 Å². The molecule has 1 aromatic rings. The van der Waals surface area contributed by atoms with Crippen LogP contribution in [0.1, 0.15) is 30.4 Å². The number of halogens is 1. The first kappa shape index (κ1) is 14.9. The summed E-state index contributed by atoms with van der Waals surface area (Å²) in [4.78, 5) is 5.20. The molecule has 3 nitrogen and oxygen atoms in total. The summed E-state index contributed by atoms with van der Waals surface area (Å²) in [5.74, 6) is -0.260. The van der Waals surface area contributed by atoms with Crippen molar-refractivity contribution in [2.45, 2.75) is 37.9 Å². The molecule has 0 aromatic heterocycles. The Bertz CT molecular complexity index is 548. The predicted octanol–water partition coefficient (Wildman–Crippen LogP) is 2.13. The molecule has 2 atom stereocenters. The Morgan fingerprint density at radius 1 is 1.29 bits per heavy atom. The summed E-state index contributed by atoms with van der Waals surface area (Å²) >= 11 is 4.96. The molecule has 2 aliphatic heterocycles. The Labute approximate surface area is 130 Å². The minimum atomic E-state index is -0.260. The number of rotatable bonds is 3. The van der Waals surface area contributed by atoms with Gasteiger partial charge in [-0.2, -0.15) is 0 Å². The normalized spacial score (nSPS) is 26.8. The minimum absolute atomic E-state index is 0.255. The summed E-state index contributed by atoms with van der Waals surface area (Å²) in [5, 5.41) is 0. The highest BCUT2D eigenvalue weighted by atomic mass is 32.1. The molecular weight excluding hydrogens is 285 g/mol. The van der Waals surface area contributed by atoms with Gasteiger partial charge in [-0.1, -0.05) is 12.2 Å². The van der Waals surface area contributed by atoms with E-state index in [1.54, 1.807) is 6.07 Å². The smallest absolute Gasteiger partial charge is 0.124 e. The number of fused-ring (bicyclic) bond motifs is 2. The summed E-state index contributed by atoms with van der Waals surface area (Å²) in [7, 11) is 2.24. The zero-order valence-corrected chi connectivity index (χ0v) is 13.2. The number of benzene rings is 1. The van der Waals surface area contributed by atoms with Crippen LogP contribution in [0.2, 0.25) is 0 Å². The molecular formula is C16H22FN3S. The molecule has 114 valence electrons. The zero-order valence-electron chi connectivity index (χ0n) is 12.4. The second-order valence-electron chi connectivity index (χ2n) is 6.29. The van der Waals surface area contributed by atoms with E-state index in [9.17, 15) is 4.39 Å². The van der Waals surface area contributed by atoms with Gasteiger partial charge in [0.15, 0.2) is 0 Å². The minimum Gasteiger partial charge on any atom is -0.389 e. The van der Waals surface area contributed by atoms with Crippen LogP contribution < -0.4 is 5.73 Å². The van der Waals surface area contributed by atoms with Crippen molar-refractivity contribution in [3.63, 3.8) is 0 Å². The van der Waals surface area contributed by atoms with Crippen LogP contribution in [-0.4, -0.2) is 47.0 Å². The van der Waals surface area contributed by atoms with E-state index >= 15 is 0 Å². The Hall–Kier alpha value is -1.04. The summed E-state index contributed by atoms with van der Waals surface area (Å²) in [6.07, 6.45) is 3.80. The fourth-order valence-electron chi connectivity index (χ4n) is 3.66. The average Bonchev–Trinajstić information content (AvgIpc) is 2.66. The van der Waals surface area contributed by atoms with Crippen molar-refractivity contribution in [2.24, 2.45) is 5.73 Å². The molecule has 0 aliphatic carbocycles. The lowest BCUT2D eigenvalue weighted by Gasteiger charge is -2.25. The molecule has 0 spiro atoms. The Balaban J connectivity index is 1.73. The molecule has 2 heterocycles. The standard InChI is InChI=1S/C16H22FN3S/c1-19-14-2-3-15(19)10-20(5-4-14)9-11-6-12(16(18)21)8-13(17)7-11/h6-8,14-15H,2-5,9-10H2,1H3,(H2,18,21). The van der Waals surface area contributed by atoms with E-state index in [0.717, 1.165) is 31.2 Å². The number of likely N-dealkylation sites (tertiary alicyclic amines) is 1. The van der Waals surface area contributed by atoms with Crippen molar-refractivity contribution in [3.8, 4) is 0 Å². The summed E-state index contributed by atoms with van der Waals surface area (Å²) < 4.78 is 13.7. The predicted molar refractivity (Wildman–Crippen MR) is 86.8 cm³/mol. The van der Waals surface area contributed by atoms with Gasteiger partial charge in [-0.3, -0.25) is 9.80 Å². The number of likely N-dealkylation sites (N-methyl/N-ethyl adjacent to an activating group) is 1. The molecule has 3 rings (SSSR count). The lowest BCUT2D eigenvalue weighted by Crippen LogP contribution is -2.36. The molecule has 0 saturated carbocycles. The average molecular weight is 307 g/mol. The van der Waals surface area contributed by atoms with Crippen LogP contribution in [0.5, 0.6) is 0 Å². The van der Waals surface area contributed by atoms with Crippen molar-refractivity contribution in [2.75, 3.05) is 20.1 Å². The van der Waals surface area contributed by atoms with Gasteiger partial charge in [0.2, 0.25) is 0 Å². The molecule has 2 aliphatic rings. The van der Waals surface area contributed by atoms with E-state index in [0.29, 0.717) is 11.6 Å². The number of thiocarbonyl (C=S) groups is 1. The number of nitrogens with two attached hydrogens (primary N) is 1. The molecule has 2 unspecified atom stereocenters. The molecule has 21 heavy (non-hydrogen) atoms. The van der Waals surface area contributed by atoms with Gasteiger partial charge in [-0.05, 0) is 50.1 Å². The molecule has 2 fully saturated rings. The fraction of sp³-hybridized carbons (Fsp3) is 0.562. The van der Waals surface area contributed by atoms with E-state index in [4.69, 9.17) is 18.0 Å². The van der Waals surface area contributed by atoms with Crippen molar-refractivity contribution < 1.29 is 4.39 Å². The molecule has 0 amide bonds. The molecule has 2 saturated heterocycles. The van der Waals surface area contributed by atoms with Crippen LogP contribution in [0.15, 0.2) is 18.2 Å². The molecule has 1 aromatic carbocycles. The quantitative estimate of drug-likeness (QED) is 0.867. The highest BCUT2D eigenvalue weighted by molar-refractivity contribution is 7.80. The maximum Gasteiger partial charge on any atom is 0.124 e. The first-order valence-corrected chi connectivity index (χ1v) is 7.97. The van der Waals surface area contributed by atoms with Crippen LogP contribution in [0.4, 0.5) is 4.39 Å². The summed E-state index contributed by atoms with van der Waals surface area (Å²) in [6.45, 7) is 2.90. The van der Waals surface area contributed by atoms with Crippen LogP contribution >= 0.6 is 12.2 Å². The molecule has 0 radical (unpaired) electrons. The van der Waals surface area contributed by atoms with Crippen molar-refractivity contribution in [1.82, 2.24) is 9.80 Å². The van der Waals surface area contributed by atoms with Gasteiger partial charge in [0.05, 0.1) is 0 Å². The van der Waals surface area contributed by atoms with Gasteiger partial charge in [0, 0.05) is 37.3 Å². The topological polar surface area (TPSA) is 32.5 Å². The molecule has 5 heteroatoms. The van der Waals surface area contributed by atoms with Gasteiger partial charge < -0.3 is 5.73 Å². The van der Waals surface area contributed by atoms with E-state index in [1.165, 1.54) is 25.3 Å². The third-order valence-corrected chi connectivity index (χ3v) is 5.12. The van der Waals surface area contributed by atoms with Gasteiger partial charge in [-0.25, -0.2) is 4.39 Å². The van der Waals surface area contributed by atoms with Crippen LogP contribution in [0.3, 0.4) is 0 Å². The van der Waals surface area contributed by atoms with Crippen molar-refractivity contribution in [1.29, 1.82) is 0 Å². The second kappa shape index (κ2) is 5.99. The third-order valence-electron chi connectivity index (χ3n) is 4.88. The molecule has 2 bridgehead atoms. The Kier molecular flexibility index (Phi) is 4.24. The SMILES string of the molecule is CN1C2CCC1CN(Cc1cc(F)cc(C(N)=S)c1)CC2. The molecule has 2 N–H and O–H groups in total. The zero-order chi connectivity index (χ0) is 15.0. The van der Waals surface area contributed by atoms with E-state index in [2.05, 4.69) is 16.8 Å². The van der Waals surface area contributed by atoms with E-state index < -0.39 is 0 Å². The number of hydrogen-bond donors (Lipinski definition) is 1. The number of hydrogen-bond acceptors (Lipinski definition) is 3. The maximum atomic E-state index is 13.7. The van der Waals surface area contributed by atoms with Crippen molar-refractivity contribution in [3.05, 3.63) is 35.1 Å². The third kappa shape index (κ3) is 3.25. The van der Waals surface area contributed by atoms with Crippen LogP contribution in [0.25, 0.3) is 0 Å². The van der Waals surface area contributed by atoms with Crippen molar-refractivity contribution >= 4 is 17.2 Å². The fourth-order valence-corrected chi connectivity index (χ4v) is 3.78. The lowest BCUT2D eigenvalue weighted by molar-refractivity contribution is 0.214. The first-order valence-electron chi connectivity index (χ1n) is 7.56. The van der Waals surface area contributed by atoms with Gasteiger partial charge >= 0.3 is 0 Å². The Morgan fingerprint density at radius 3 is 2.81 bits per heavy atom. The van der Waals surface area contributed by atoms with E-state index in [1.807, 2.05) is 6.07 Å². The Morgan fingerprint density at radius 2 is 2.05 bits per heavy atom. The lowest BCUT2D eigenvalue weighted by atomic mass is 10.1. The van der Waals surface area contributed by atoms with Gasteiger partial charge in [-0.15, -0.1) is 0 Å². The highest BCUT2D eigenvalue weighted by Crippen LogP contribution is 2.29. The first-order chi connectivity index (χ1) is 10.0. The van der Waals surface area contributed by atoms with Crippen LogP contribution in [-0.2, 0) is 6.54 Å².